The van der Waals surface area contributed by atoms with E-state index in [2.05, 4.69) is 15.6 Å². The van der Waals surface area contributed by atoms with E-state index in [-0.39, 0.29) is 42.2 Å². The molecule has 0 saturated heterocycles. The van der Waals surface area contributed by atoms with Crippen LogP contribution in [0, 0.1) is 11.8 Å². The van der Waals surface area contributed by atoms with E-state index in [0.29, 0.717) is 6.61 Å². The number of aromatic nitrogens is 1. The lowest BCUT2D eigenvalue weighted by Gasteiger charge is -2.31. The largest absolute Gasteiger partial charge is 0.491 e. The van der Waals surface area contributed by atoms with Gasteiger partial charge in [-0.25, -0.2) is 0 Å². The molecule has 1 aliphatic heterocycles. The summed E-state index contributed by atoms with van der Waals surface area (Å²) in [6.45, 7) is 0.456. The third-order valence-corrected chi connectivity index (χ3v) is 6.15. The number of rotatable bonds is 6. The molecular weight excluding hydrogens is 380 g/mol. The average Bonchev–Trinajstić information content (AvgIpc) is 3.17. The number of fused-ring (bicyclic) bond motifs is 1. The molecule has 4 rings (SSSR count). The fourth-order valence-electron chi connectivity index (χ4n) is 4.41. The highest BCUT2D eigenvalue weighted by Crippen LogP contribution is 2.33. The zero-order valence-corrected chi connectivity index (χ0v) is 16.9. The Kier molecular flexibility index (Phi) is 6.28. The monoisotopic (exact) mass is 408 g/mol. The van der Waals surface area contributed by atoms with Crippen molar-refractivity contribution in [2.75, 3.05) is 11.9 Å². The van der Waals surface area contributed by atoms with Crippen LogP contribution < -0.4 is 21.1 Å². The average molecular weight is 409 g/mol. The number of hydrogen-bond acceptors (Lipinski definition) is 5. The van der Waals surface area contributed by atoms with Gasteiger partial charge in [-0.1, -0.05) is 18.2 Å². The molecule has 0 spiro atoms. The molecular formula is C23H28N4O3. The molecule has 30 heavy (non-hydrogen) atoms. The van der Waals surface area contributed by atoms with Crippen molar-refractivity contribution in [2.24, 2.45) is 17.6 Å². The Bertz CT molecular complexity index is 881. The van der Waals surface area contributed by atoms with Crippen molar-refractivity contribution in [3.63, 3.8) is 0 Å². The van der Waals surface area contributed by atoms with Crippen molar-refractivity contribution in [1.29, 1.82) is 0 Å². The van der Waals surface area contributed by atoms with Gasteiger partial charge >= 0.3 is 0 Å². The smallest absolute Gasteiger partial charge is 0.227 e. The number of para-hydroxylation sites is 1. The van der Waals surface area contributed by atoms with Gasteiger partial charge in [0.15, 0.2) is 0 Å². The van der Waals surface area contributed by atoms with Gasteiger partial charge in [-0.2, -0.15) is 0 Å². The Morgan fingerprint density at radius 3 is 2.60 bits per heavy atom. The normalized spacial score (nSPS) is 23.7. The predicted molar refractivity (Wildman–Crippen MR) is 114 cm³/mol. The quantitative estimate of drug-likeness (QED) is 0.681. The summed E-state index contributed by atoms with van der Waals surface area (Å²) in [4.78, 5) is 29.0. The second kappa shape index (κ2) is 9.26. The molecule has 2 unspecified atom stereocenters. The van der Waals surface area contributed by atoms with Crippen molar-refractivity contribution < 1.29 is 14.3 Å². The number of anilines is 1. The van der Waals surface area contributed by atoms with E-state index in [4.69, 9.17) is 10.5 Å². The summed E-state index contributed by atoms with van der Waals surface area (Å²) in [6, 6.07) is 11.0. The first-order valence-corrected chi connectivity index (χ1v) is 10.6. The second-order valence-electron chi connectivity index (χ2n) is 8.17. The van der Waals surface area contributed by atoms with Crippen LogP contribution in [0.4, 0.5) is 5.69 Å². The predicted octanol–water partition coefficient (Wildman–Crippen LogP) is 2.79. The third kappa shape index (κ3) is 4.79. The molecule has 158 valence electrons. The van der Waals surface area contributed by atoms with E-state index in [1.165, 1.54) is 0 Å². The maximum absolute atomic E-state index is 12.5. The minimum atomic E-state index is -0.202. The number of amides is 2. The number of nitrogens with one attached hydrogen (secondary N) is 2. The van der Waals surface area contributed by atoms with Gasteiger partial charge in [0.05, 0.1) is 6.04 Å². The number of carbonyl (C=O) groups excluding carboxylic acids is 2. The third-order valence-electron chi connectivity index (χ3n) is 6.15. The molecule has 2 amide bonds. The lowest BCUT2D eigenvalue weighted by molar-refractivity contribution is -0.123. The Balaban J connectivity index is 1.22. The molecule has 1 aromatic heterocycles. The summed E-state index contributed by atoms with van der Waals surface area (Å²) < 4.78 is 5.62. The Labute approximate surface area is 176 Å². The molecule has 2 aliphatic rings. The van der Waals surface area contributed by atoms with Gasteiger partial charge in [0.25, 0.3) is 0 Å². The van der Waals surface area contributed by atoms with Crippen molar-refractivity contribution >= 4 is 17.5 Å². The van der Waals surface area contributed by atoms with Crippen LogP contribution in [0.3, 0.4) is 0 Å². The van der Waals surface area contributed by atoms with E-state index >= 15 is 0 Å². The summed E-state index contributed by atoms with van der Waals surface area (Å²) in [5.41, 5.74) is 8.14. The highest BCUT2D eigenvalue weighted by Gasteiger charge is 2.31. The minimum absolute atomic E-state index is 0.0115. The zero-order chi connectivity index (χ0) is 20.9. The maximum atomic E-state index is 12.5. The number of nitrogens with zero attached hydrogens (tertiary/aromatic N) is 1. The molecule has 2 atom stereocenters. The summed E-state index contributed by atoms with van der Waals surface area (Å²) in [6.07, 6.45) is 6.91. The van der Waals surface area contributed by atoms with Crippen LogP contribution in [0.1, 0.15) is 43.7 Å². The van der Waals surface area contributed by atoms with Gasteiger partial charge in [-0.3, -0.25) is 14.6 Å². The van der Waals surface area contributed by atoms with Gasteiger partial charge in [0.1, 0.15) is 12.4 Å². The van der Waals surface area contributed by atoms with Crippen LogP contribution >= 0.6 is 0 Å². The fourth-order valence-corrected chi connectivity index (χ4v) is 4.41. The van der Waals surface area contributed by atoms with E-state index in [1.807, 2.05) is 24.3 Å². The number of ether oxygens (including phenoxy) is 1. The van der Waals surface area contributed by atoms with Crippen LogP contribution in [-0.2, 0) is 9.59 Å². The van der Waals surface area contributed by atoms with Gasteiger partial charge < -0.3 is 21.1 Å². The molecule has 0 bridgehead atoms. The van der Waals surface area contributed by atoms with Gasteiger partial charge in [0.2, 0.25) is 11.8 Å². The Morgan fingerprint density at radius 1 is 1.10 bits per heavy atom. The first kappa shape index (κ1) is 20.3. The lowest BCUT2D eigenvalue weighted by Crippen LogP contribution is -2.40. The van der Waals surface area contributed by atoms with E-state index in [1.54, 1.807) is 24.5 Å². The van der Waals surface area contributed by atoms with Crippen molar-refractivity contribution in [3.8, 4) is 5.75 Å². The van der Waals surface area contributed by atoms with Crippen LogP contribution in [0.2, 0.25) is 0 Å². The number of nitrogens with two attached hydrogens (primary N) is 1. The van der Waals surface area contributed by atoms with Crippen LogP contribution in [0.15, 0.2) is 48.8 Å². The molecule has 2 heterocycles. The fraction of sp³-hybridized carbons (Fsp3) is 0.435. The SMILES string of the molecule is NC(CC(=O)NC1COc2ccccc21)C1CCC(C(=O)Nc2ccncc2)CC1. The first-order valence-electron chi connectivity index (χ1n) is 10.6. The molecule has 7 nitrogen and oxygen atoms in total. The highest BCUT2D eigenvalue weighted by atomic mass is 16.5. The molecule has 1 aliphatic carbocycles. The Hall–Kier alpha value is -2.93. The molecule has 2 aromatic rings. The van der Waals surface area contributed by atoms with Crippen molar-refractivity contribution in [2.45, 2.75) is 44.2 Å². The summed E-state index contributed by atoms with van der Waals surface area (Å²) in [7, 11) is 0. The van der Waals surface area contributed by atoms with E-state index in [9.17, 15) is 9.59 Å². The van der Waals surface area contributed by atoms with Crippen LogP contribution in [0.5, 0.6) is 5.75 Å². The number of pyridine rings is 1. The van der Waals surface area contributed by atoms with Gasteiger partial charge in [-0.05, 0) is 49.8 Å². The zero-order valence-electron chi connectivity index (χ0n) is 16.9. The van der Waals surface area contributed by atoms with Gasteiger partial charge in [-0.15, -0.1) is 0 Å². The molecule has 1 aromatic carbocycles. The molecule has 0 radical (unpaired) electrons. The number of hydrogen-bond donors (Lipinski definition) is 3. The maximum Gasteiger partial charge on any atom is 0.227 e. The van der Waals surface area contributed by atoms with Crippen LogP contribution in [0.25, 0.3) is 0 Å². The second-order valence-corrected chi connectivity index (χ2v) is 8.17. The molecule has 4 N–H and O–H groups in total. The highest BCUT2D eigenvalue weighted by molar-refractivity contribution is 5.92. The van der Waals surface area contributed by atoms with Crippen molar-refractivity contribution in [3.05, 3.63) is 54.4 Å². The summed E-state index contributed by atoms with van der Waals surface area (Å²) in [5.74, 6) is 1.07. The van der Waals surface area contributed by atoms with Crippen molar-refractivity contribution in [1.82, 2.24) is 10.3 Å². The minimum Gasteiger partial charge on any atom is -0.491 e. The van der Waals surface area contributed by atoms with Gasteiger partial charge in [0, 0.05) is 42.0 Å². The molecule has 1 fully saturated rings. The molecule has 1 saturated carbocycles. The lowest BCUT2D eigenvalue weighted by atomic mass is 9.77. The topological polar surface area (TPSA) is 106 Å². The standard InChI is InChI=1S/C23H28N4O3/c24-19(13-22(28)27-20-14-30-21-4-2-1-3-18(20)21)15-5-7-16(8-6-15)23(29)26-17-9-11-25-12-10-17/h1-4,9-12,15-16,19-20H,5-8,13-14,24H2,(H,27,28)(H,25,26,29). The van der Waals surface area contributed by atoms with E-state index in [0.717, 1.165) is 42.7 Å². The van der Waals surface area contributed by atoms with Crippen LogP contribution in [-0.4, -0.2) is 29.4 Å². The first-order chi connectivity index (χ1) is 14.6. The van der Waals surface area contributed by atoms with E-state index < -0.39 is 0 Å². The summed E-state index contributed by atoms with van der Waals surface area (Å²) >= 11 is 0. The summed E-state index contributed by atoms with van der Waals surface area (Å²) in [5, 5.41) is 6.00. The number of benzene rings is 1. The molecule has 7 heteroatoms. The number of carbonyl (C=O) groups is 2. The Morgan fingerprint density at radius 2 is 1.83 bits per heavy atom.